The summed E-state index contributed by atoms with van der Waals surface area (Å²) in [6.45, 7) is 1.27. The number of methoxy groups -OCH3 is 1. The first-order valence-electron chi connectivity index (χ1n) is 10.7. The van der Waals surface area contributed by atoms with Gasteiger partial charge in [0.05, 0.1) is 24.3 Å². The standard InChI is InChI=1S/C26H27ClN2O4/c1-33-26(32)24(29-25(31)22-8-4-5-9-23(22)27)16-18-10-12-19(13-11-18)21-7-3-2-6-20(21)17-28-14-15-30/h2-13,24,28,30H,14-17H2,1H3,(H,29,31)/t24-/m0/s1. The maximum Gasteiger partial charge on any atom is 0.328 e. The van der Waals surface area contributed by atoms with E-state index in [1.54, 1.807) is 24.3 Å². The van der Waals surface area contributed by atoms with Gasteiger partial charge in [-0.15, -0.1) is 0 Å². The van der Waals surface area contributed by atoms with Crippen LogP contribution in [-0.4, -0.2) is 43.3 Å². The Morgan fingerprint density at radius 1 is 1.00 bits per heavy atom. The highest BCUT2D eigenvalue weighted by molar-refractivity contribution is 6.33. The number of nitrogens with one attached hydrogen (secondary N) is 2. The summed E-state index contributed by atoms with van der Waals surface area (Å²) in [5.41, 5.74) is 4.43. The molecule has 0 bridgehead atoms. The molecule has 0 unspecified atom stereocenters. The van der Waals surface area contributed by atoms with Crippen LogP contribution in [0.4, 0.5) is 0 Å². The van der Waals surface area contributed by atoms with Gasteiger partial charge in [-0.05, 0) is 34.4 Å². The molecule has 6 nitrogen and oxygen atoms in total. The third kappa shape index (κ3) is 6.65. The summed E-state index contributed by atoms with van der Waals surface area (Å²) in [5, 5.41) is 15.2. The van der Waals surface area contributed by atoms with Gasteiger partial charge in [-0.1, -0.05) is 72.3 Å². The SMILES string of the molecule is COC(=O)[C@H](Cc1ccc(-c2ccccc2CNCCO)cc1)NC(=O)c1ccccc1Cl. The van der Waals surface area contributed by atoms with Crippen LogP contribution in [-0.2, 0) is 22.5 Å². The Balaban J connectivity index is 1.74. The molecule has 3 aromatic rings. The van der Waals surface area contributed by atoms with E-state index in [-0.39, 0.29) is 13.0 Å². The van der Waals surface area contributed by atoms with Crippen LogP contribution in [0.2, 0.25) is 5.02 Å². The Morgan fingerprint density at radius 3 is 2.39 bits per heavy atom. The molecule has 1 amide bonds. The van der Waals surface area contributed by atoms with Gasteiger partial charge in [-0.2, -0.15) is 0 Å². The number of ether oxygens (including phenoxy) is 1. The van der Waals surface area contributed by atoms with Gasteiger partial charge in [0, 0.05) is 19.5 Å². The molecule has 0 saturated heterocycles. The Bertz CT molecular complexity index is 1090. The molecule has 0 aliphatic carbocycles. The van der Waals surface area contributed by atoms with Crippen molar-refractivity contribution in [3.8, 4) is 11.1 Å². The highest BCUT2D eigenvalue weighted by Crippen LogP contribution is 2.24. The molecular weight excluding hydrogens is 440 g/mol. The fourth-order valence-corrected chi connectivity index (χ4v) is 3.75. The number of rotatable bonds is 10. The molecule has 172 valence electrons. The largest absolute Gasteiger partial charge is 0.467 e. The van der Waals surface area contributed by atoms with Gasteiger partial charge in [0.25, 0.3) is 5.91 Å². The van der Waals surface area contributed by atoms with Crippen molar-refractivity contribution >= 4 is 23.5 Å². The molecule has 0 spiro atoms. The number of aliphatic hydroxyl groups excluding tert-OH is 1. The number of carbonyl (C=O) groups is 2. The molecule has 0 aliphatic heterocycles. The van der Waals surface area contributed by atoms with Crippen molar-refractivity contribution in [2.24, 2.45) is 0 Å². The van der Waals surface area contributed by atoms with E-state index in [9.17, 15) is 9.59 Å². The van der Waals surface area contributed by atoms with Gasteiger partial charge in [0.2, 0.25) is 0 Å². The summed E-state index contributed by atoms with van der Waals surface area (Å²) < 4.78 is 4.90. The van der Waals surface area contributed by atoms with E-state index in [0.717, 1.165) is 22.3 Å². The highest BCUT2D eigenvalue weighted by atomic mass is 35.5. The van der Waals surface area contributed by atoms with Crippen LogP contribution < -0.4 is 10.6 Å². The molecule has 0 saturated carbocycles. The smallest absolute Gasteiger partial charge is 0.328 e. The number of carbonyl (C=O) groups excluding carboxylic acids is 2. The summed E-state index contributed by atoms with van der Waals surface area (Å²) in [6.07, 6.45) is 0.281. The van der Waals surface area contributed by atoms with Crippen LogP contribution in [0.25, 0.3) is 11.1 Å². The molecule has 0 fully saturated rings. The molecule has 0 heterocycles. The number of hydrogen-bond donors (Lipinski definition) is 3. The fraction of sp³-hybridized carbons (Fsp3) is 0.231. The summed E-state index contributed by atoms with van der Waals surface area (Å²) in [7, 11) is 1.29. The third-order valence-electron chi connectivity index (χ3n) is 5.24. The number of halogens is 1. The van der Waals surface area contributed by atoms with E-state index in [0.29, 0.717) is 23.7 Å². The molecule has 3 rings (SSSR count). The number of amides is 1. The van der Waals surface area contributed by atoms with Crippen LogP contribution in [0.5, 0.6) is 0 Å². The van der Waals surface area contributed by atoms with E-state index in [1.807, 2.05) is 48.5 Å². The lowest BCUT2D eigenvalue weighted by Gasteiger charge is -2.17. The molecule has 3 N–H and O–H groups in total. The maximum absolute atomic E-state index is 12.6. The van der Waals surface area contributed by atoms with E-state index in [2.05, 4.69) is 10.6 Å². The van der Waals surface area contributed by atoms with Crippen LogP contribution in [0.15, 0.2) is 72.8 Å². The van der Waals surface area contributed by atoms with Crippen molar-refractivity contribution in [3.63, 3.8) is 0 Å². The molecular formula is C26H27ClN2O4. The molecule has 33 heavy (non-hydrogen) atoms. The number of hydrogen-bond acceptors (Lipinski definition) is 5. The maximum atomic E-state index is 12.6. The first-order valence-corrected chi connectivity index (χ1v) is 11.0. The minimum Gasteiger partial charge on any atom is -0.467 e. The van der Waals surface area contributed by atoms with Gasteiger partial charge >= 0.3 is 5.97 Å². The molecule has 0 radical (unpaired) electrons. The average molecular weight is 467 g/mol. The van der Waals surface area contributed by atoms with E-state index < -0.39 is 17.9 Å². The van der Waals surface area contributed by atoms with Crippen molar-refractivity contribution < 1.29 is 19.4 Å². The van der Waals surface area contributed by atoms with Crippen molar-refractivity contribution in [3.05, 3.63) is 94.5 Å². The first-order chi connectivity index (χ1) is 16.0. The topological polar surface area (TPSA) is 87.7 Å². The number of esters is 1. The second-order valence-electron chi connectivity index (χ2n) is 7.49. The van der Waals surface area contributed by atoms with Crippen LogP contribution >= 0.6 is 11.6 Å². The summed E-state index contributed by atoms with van der Waals surface area (Å²) >= 11 is 6.11. The van der Waals surface area contributed by atoms with Gasteiger partial charge in [0.1, 0.15) is 6.04 Å². The van der Waals surface area contributed by atoms with E-state index in [1.165, 1.54) is 7.11 Å². The van der Waals surface area contributed by atoms with E-state index in [4.69, 9.17) is 21.4 Å². The average Bonchev–Trinajstić information content (AvgIpc) is 2.84. The van der Waals surface area contributed by atoms with Crippen molar-refractivity contribution in [2.75, 3.05) is 20.3 Å². The quantitative estimate of drug-likeness (QED) is 0.314. The lowest BCUT2D eigenvalue weighted by Crippen LogP contribution is -2.43. The highest BCUT2D eigenvalue weighted by Gasteiger charge is 2.23. The normalized spacial score (nSPS) is 11.6. The molecule has 1 atom stereocenters. The van der Waals surface area contributed by atoms with Gasteiger partial charge in [-0.3, -0.25) is 4.79 Å². The Kier molecular flexibility index (Phi) is 9.01. The summed E-state index contributed by atoms with van der Waals surface area (Å²) in [6, 6.07) is 21.7. The molecule has 7 heteroatoms. The minimum absolute atomic E-state index is 0.0885. The predicted molar refractivity (Wildman–Crippen MR) is 129 cm³/mol. The van der Waals surface area contributed by atoms with Gasteiger partial charge in [-0.25, -0.2) is 4.79 Å². The zero-order valence-electron chi connectivity index (χ0n) is 18.4. The van der Waals surface area contributed by atoms with E-state index >= 15 is 0 Å². The van der Waals surface area contributed by atoms with Crippen molar-refractivity contribution in [1.82, 2.24) is 10.6 Å². The zero-order chi connectivity index (χ0) is 23.6. The first kappa shape index (κ1) is 24.5. The second-order valence-corrected chi connectivity index (χ2v) is 7.89. The van der Waals surface area contributed by atoms with Crippen LogP contribution in [0.1, 0.15) is 21.5 Å². The van der Waals surface area contributed by atoms with Gasteiger partial charge in [0.15, 0.2) is 0 Å². The fourth-order valence-electron chi connectivity index (χ4n) is 3.53. The zero-order valence-corrected chi connectivity index (χ0v) is 19.1. The monoisotopic (exact) mass is 466 g/mol. The third-order valence-corrected chi connectivity index (χ3v) is 5.57. The van der Waals surface area contributed by atoms with Crippen LogP contribution in [0, 0.1) is 0 Å². The number of aliphatic hydroxyl groups is 1. The van der Waals surface area contributed by atoms with Gasteiger partial charge < -0.3 is 20.5 Å². The second kappa shape index (κ2) is 12.2. The number of benzene rings is 3. The molecule has 3 aromatic carbocycles. The molecule has 0 aromatic heterocycles. The molecule has 0 aliphatic rings. The summed E-state index contributed by atoms with van der Waals surface area (Å²) in [5.74, 6) is -0.961. The lowest BCUT2D eigenvalue weighted by molar-refractivity contribution is -0.142. The summed E-state index contributed by atoms with van der Waals surface area (Å²) in [4.78, 5) is 25.0. The Hall–Kier alpha value is -3.19. The van der Waals surface area contributed by atoms with Crippen molar-refractivity contribution in [1.29, 1.82) is 0 Å². The van der Waals surface area contributed by atoms with Crippen molar-refractivity contribution in [2.45, 2.75) is 19.0 Å². The Labute approximate surface area is 198 Å². The lowest BCUT2D eigenvalue weighted by atomic mass is 9.97. The minimum atomic E-state index is -0.848. The Morgan fingerprint density at radius 2 is 1.70 bits per heavy atom. The van der Waals surface area contributed by atoms with Crippen LogP contribution in [0.3, 0.4) is 0 Å². The predicted octanol–water partition coefficient (Wildman–Crippen LogP) is 3.60.